The highest BCUT2D eigenvalue weighted by molar-refractivity contribution is 5.94. The number of rotatable bonds is 15. The molecule has 3 amide bonds. The van der Waals surface area contributed by atoms with E-state index < -0.39 is 66.2 Å². The fourth-order valence-corrected chi connectivity index (χ4v) is 4.55. The second-order valence-electron chi connectivity index (χ2n) is 10.5. The molecule has 0 radical (unpaired) electrons. The van der Waals surface area contributed by atoms with Crippen LogP contribution in [0.4, 0.5) is 0 Å². The van der Waals surface area contributed by atoms with Crippen molar-refractivity contribution < 1.29 is 34.2 Å². The van der Waals surface area contributed by atoms with Gasteiger partial charge in [0, 0.05) is 29.9 Å². The number of aromatic nitrogens is 1. The van der Waals surface area contributed by atoms with Crippen molar-refractivity contribution in [2.45, 2.75) is 63.7 Å². The predicted octanol–water partition coefficient (Wildman–Crippen LogP) is 1.34. The highest BCUT2D eigenvalue weighted by Gasteiger charge is 2.32. The minimum Gasteiger partial charge on any atom is -0.481 e. The molecule has 1 aromatic heterocycles. The summed E-state index contributed by atoms with van der Waals surface area (Å²) in [6, 6.07) is 11.7. The number of hydrogen-bond donors (Lipinski definition) is 7. The zero-order chi connectivity index (χ0) is 30.8. The van der Waals surface area contributed by atoms with Crippen molar-refractivity contribution in [1.82, 2.24) is 20.9 Å². The van der Waals surface area contributed by atoms with E-state index in [1.54, 1.807) is 20.0 Å². The Bertz CT molecular complexity index is 1410. The summed E-state index contributed by atoms with van der Waals surface area (Å²) in [4.78, 5) is 65.7. The van der Waals surface area contributed by atoms with Gasteiger partial charge in [0.1, 0.15) is 18.1 Å². The first kappa shape index (κ1) is 31.8. The molecule has 4 unspecified atom stereocenters. The summed E-state index contributed by atoms with van der Waals surface area (Å²) in [6.45, 7) is 3.39. The maximum absolute atomic E-state index is 13.3. The fourth-order valence-electron chi connectivity index (χ4n) is 4.55. The lowest BCUT2D eigenvalue weighted by molar-refractivity contribution is -0.143. The molecule has 0 fully saturated rings. The van der Waals surface area contributed by atoms with Crippen LogP contribution in [0, 0.1) is 5.92 Å². The van der Waals surface area contributed by atoms with E-state index in [1.165, 1.54) is 0 Å². The molecular weight excluding hydrogens is 542 g/mol. The molecule has 8 N–H and O–H groups in total. The van der Waals surface area contributed by atoms with Crippen LogP contribution in [0.5, 0.6) is 0 Å². The Kier molecular flexibility index (Phi) is 11.2. The van der Waals surface area contributed by atoms with Crippen LogP contribution >= 0.6 is 0 Å². The van der Waals surface area contributed by atoms with Crippen LogP contribution in [0.15, 0.2) is 60.8 Å². The minimum atomic E-state index is -1.37. The van der Waals surface area contributed by atoms with Gasteiger partial charge in [-0.25, -0.2) is 4.79 Å². The number of carbonyl (C=O) groups is 5. The van der Waals surface area contributed by atoms with Gasteiger partial charge in [-0.3, -0.25) is 19.2 Å². The highest BCUT2D eigenvalue weighted by Crippen LogP contribution is 2.19. The second-order valence-corrected chi connectivity index (χ2v) is 10.5. The summed E-state index contributed by atoms with van der Waals surface area (Å²) >= 11 is 0. The van der Waals surface area contributed by atoms with Crippen molar-refractivity contribution in [2.75, 3.05) is 0 Å². The van der Waals surface area contributed by atoms with E-state index in [-0.39, 0.29) is 19.3 Å². The van der Waals surface area contributed by atoms with Gasteiger partial charge in [-0.1, -0.05) is 62.4 Å². The van der Waals surface area contributed by atoms with Crippen molar-refractivity contribution in [1.29, 1.82) is 0 Å². The largest absolute Gasteiger partial charge is 0.481 e. The number of nitrogens with one attached hydrogen (secondary N) is 4. The van der Waals surface area contributed by atoms with Crippen molar-refractivity contribution >= 4 is 40.6 Å². The molecule has 0 saturated heterocycles. The number of fused-ring (bicyclic) bond motifs is 1. The Labute approximate surface area is 243 Å². The summed E-state index contributed by atoms with van der Waals surface area (Å²) in [5.74, 6) is -5.04. The molecule has 0 aliphatic carbocycles. The lowest BCUT2D eigenvalue weighted by Crippen LogP contribution is -2.58. The molecule has 12 heteroatoms. The van der Waals surface area contributed by atoms with Crippen LogP contribution < -0.4 is 21.7 Å². The van der Waals surface area contributed by atoms with E-state index in [2.05, 4.69) is 20.9 Å². The van der Waals surface area contributed by atoms with Gasteiger partial charge in [0.15, 0.2) is 0 Å². The maximum Gasteiger partial charge on any atom is 0.326 e. The average Bonchev–Trinajstić information content (AvgIpc) is 3.36. The van der Waals surface area contributed by atoms with Gasteiger partial charge in [0.25, 0.3) is 0 Å². The number of amides is 3. The van der Waals surface area contributed by atoms with Crippen LogP contribution in [0.25, 0.3) is 10.9 Å². The van der Waals surface area contributed by atoms with E-state index in [0.717, 1.165) is 16.5 Å². The Hall–Kier alpha value is -4.71. The van der Waals surface area contributed by atoms with Gasteiger partial charge < -0.3 is 36.9 Å². The van der Waals surface area contributed by atoms with E-state index >= 15 is 0 Å². The van der Waals surface area contributed by atoms with E-state index in [9.17, 15) is 34.2 Å². The van der Waals surface area contributed by atoms with Gasteiger partial charge >= 0.3 is 11.9 Å². The van der Waals surface area contributed by atoms with Crippen LogP contribution in [-0.2, 0) is 36.8 Å². The number of nitrogens with two attached hydrogens (primary N) is 1. The SMILES string of the molecule is CC(C)C(NC(=O)C(N)Cc1ccccc1)C(=O)NC(CCC(=O)O)C(=O)NC(Cc1c[nH]c2ccccc12)C(=O)O. The lowest BCUT2D eigenvalue weighted by atomic mass is 10.00. The lowest BCUT2D eigenvalue weighted by Gasteiger charge is -2.27. The third kappa shape index (κ3) is 8.90. The van der Waals surface area contributed by atoms with Crippen molar-refractivity contribution in [3.8, 4) is 0 Å². The third-order valence-corrected chi connectivity index (χ3v) is 6.88. The molecule has 0 aliphatic rings. The van der Waals surface area contributed by atoms with Gasteiger partial charge in [0.05, 0.1) is 6.04 Å². The van der Waals surface area contributed by atoms with Gasteiger partial charge in [-0.05, 0) is 36.0 Å². The molecule has 0 bridgehead atoms. The van der Waals surface area contributed by atoms with Crippen LogP contribution in [0.2, 0.25) is 0 Å². The predicted molar refractivity (Wildman–Crippen MR) is 155 cm³/mol. The maximum atomic E-state index is 13.3. The number of carboxylic acid groups (broad SMARTS) is 2. The molecule has 1 heterocycles. The van der Waals surface area contributed by atoms with Crippen molar-refractivity contribution in [3.05, 3.63) is 71.9 Å². The number of carboxylic acids is 2. The van der Waals surface area contributed by atoms with Crippen molar-refractivity contribution in [3.63, 3.8) is 0 Å². The zero-order valence-electron chi connectivity index (χ0n) is 23.5. The minimum absolute atomic E-state index is 0.0470. The number of aliphatic carboxylic acids is 2. The molecule has 4 atom stereocenters. The number of benzene rings is 2. The summed E-state index contributed by atoms with van der Waals surface area (Å²) in [5, 5.41) is 27.4. The number of carbonyl (C=O) groups excluding carboxylic acids is 3. The standard InChI is InChI=1S/C30H37N5O7/c1-17(2)26(35-27(38)21(31)14-18-8-4-3-5-9-18)29(40)33-23(12-13-25(36)37)28(39)34-24(30(41)42)15-19-16-32-22-11-7-6-10-20(19)22/h3-11,16-17,21,23-24,26,32H,12-15,31H2,1-2H3,(H,33,40)(H,34,39)(H,35,38)(H,36,37)(H,41,42). The monoisotopic (exact) mass is 579 g/mol. The fraction of sp³-hybridized carbons (Fsp3) is 0.367. The smallest absolute Gasteiger partial charge is 0.326 e. The van der Waals surface area contributed by atoms with Gasteiger partial charge in [0.2, 0.25) is 17.7 Å². The van der Waals surface area contributed by atoms with E-state index in [1.807, 2.05) is 54.6 Å². The Morgan fingerprint density at radius 3 is 2.10 bits per heavy atom. The zero-order valence-corrected chi connectivity index (χ0v) is 23.5. The molecule has 0 saturated carbocycles. The molecule has 12 nitrogen and oxygen atoms in total. The Balaban J connectivity index is 1.71. The first-order chi connectivity index (χ1) is 20.0. The second kappa shape index (κ2) is 14.8. The molecule has 3 rings (SSSR count). The van der Waals surface area contributed by atoms with Gasteiger partial charge in [-0.2, -0.15) is 0 Å². The quantitative estimate of drug-likeness (QED) is 0.140. The molecule has 2 aromatic carbocycles. The van der Waals surface area contributed by atoms with Crippen molar-refractivity contribution in [2.24, 2.45) is 11.7 Å². The van der Waals surface area contributed by atoms with E-state index in [0.29, 0.717) is 5.56 Å². The van der Waals surface area contributed by atoms with Crippen LogP contribution in [-0.4, -0.2) is 69.0 Å². The molecule has 224 valence electrons. The topological polar surface area (TPSA) is 204 Å². The Morgan fingerprint density at radius 2 is 1.45 bits per heavy atom. The first-order valence-corrected chi connectivity index (χ1v) is 13.7. The summed E-state index contributed by atoms with van der Waals surface area (Å²) in [5.41, 5.74) is 8.39. The van der Waals surface area contributed by atoms with E-state index in [4.69, 9.17) is 5.73 Å². The Morgan fingerprint density at radius 1 is 0.810 bits per heavy atom. The van der Waals surface area contributed by atoms with Crippen LogP contribution in [0.1, 0.15) is 37.8 Å². The summed E-state index contributed by atoms with van der Waals surface area (Å²) in [6.07, 6.45) is 1.11. The number of para-hydroxylation sites is 1. The normalized spacial score (nSPS) is 14.0. The molecule has 42 heavy (non-hydrogen) atoms. The third-order valence-electron chi connectivity index (χ3n) is 6.88. The molecule has 0 spiro atoms. The number of aromatic amines is 1. The molecule has 0 aliphatic heterocycles. The van der Waals surface area contributed by atoms with Gasteiger partial charge in [-0.15, -0.1) is 0 Å². The summed E-state index contributed by atoms with van der Waals surface area (Å²) in [7, 11) is 0. The number of hydrogen-bond acceptors (Lipinski definition) is 6. The number of H-pyrrole nitrogens is 1. The molecule has 3 aromatic rings. The van der Waals surface area contributed by atoms with Crippen LogP contribution in [0.3, 0.4) is 0 Å². The average molecular weight is 580 g/mol. The summed E-state index contributed by atoms with van der Waals surface area (Å²) < 4.78 is 0. The first-order valence-electron chi connectivity index (χ1n) is 13.7. The molecular formula is C30H37N5O7. The highest BCUT2D eigenvalue weighted by atomic mass is 16.4.